The van der Waals surface area contributed by atoms with Crippen LogP contribution in [0.25, 0.3) is 0 Å². The Morgan fingerprint density at radius 2 is 1.96 bits per heavy atom. The van der Waals surface area contributed by atoms with Crippen LogP contribution in [0.2, 0.25) is 0 Å². The van der Waals surface area contributed by atoms with Crippen molar-refractivity contribution < 1.29 is 21.8 Å². The largest absolute Gasteiger partial charge is 0.450 e. The second-order valence-electron chi connectivity index (χ2n) is 5.94. The molecule has 0 aliphatic carbocycles. The van der Waals surface area contributed by atoms with Gasteiger partial charge in [-0.1, -0.05) is 12.1 Å². The predicted octanol–water partition coefficient (Wildman–Crippen LogP) is 2.57. The summed E-state index contributed by atoms with van der Waals surface area (Å²) >= 11 is 0. The molecule has 1 aliphatic rings. The highest BCUT2D eigenvalue weighted by molar-refractivity contribution is 7.87. The molecular formula is C17H19NO5S. The first kappa shape index (κ1) is 16.7. The maximum atomic E-state index is 12.6. The monoisotopic (exact) mass is 349 g/mol. The van der Waals surface area contributed by atoms with Gasteiger partial charge in [-0.25, -0.2) is 0 Å². The summed E-state index contributed by atoms with van der Waals surface area (Å²) in [5.74, 6) is 0.104. The highest BCUT2D eigenvalue weighted by atomic mass is 32.2. The summed E-state index contributed by atoms with van der Waals surface area (Å²) in [6.07, 6.45) is 2.88. The Labute approximate surface area is 141 Å². The minimum Gasteiger partial charge on any atom is -0.450 e. The van der Waals surface area contributed by atoms with Gasteiger partial charge in [0.05, 0.1) is 6.26 Å². The molecule has 0 radical (unpaired) electrons. The summed E-state index contributed by atoms with van der Waals surface area (Å²) in [6, 6.07) is 9.06. The number of carbonyl (C=O) groups excluding carboxylic acids is 1. The Bertz CT molecular complexity index is 805. The molecule has 0 atom stereocenters. The van der Waals surface area contributed by atoms with Crippen LogP contribution >= 0.6 is 0 Å². The van der Waals surface area contributed by atoms with Crippen LogP contribution in [-0.2, 0) is 10.1 Å². The third-order valence-electron chi connectivity index (χ3n) is 4.16. The topological polar surface area (TPSA) is 76.8 Å². The molecule has 128 valence electrons. The average molecular weight is 349 g/mol. The van der Waals surface area contributed by atoms with Crippen molar-refractivity contribution in [2.45, 2.75) is 17.9 Å². The van der Waals surface area contributed by atoms with E-state index in [-0.39, 0.29) is 22.5 Å². The number of carbonyl (C=O) groups is 1. The minimum absolute atomic E-state index is 0.0295. The van der Waals surface area contributed by atoms with Crippen LogP contribution in [0.15, 0.2) is 52.2 Å². The lowest BCUT2D eigenvalue weighted by Crippen LogP contribution is -2.33. The third kappa shape index (κ3) is 3.68. The van der Waals surface area contributed by atoms with E-state index in [2.05, 4.69) is 4.90 Å². The van der Waals surface area contributed by atoms with Gasteiger partial charge in [0.25, 0.3) is 5.09 Å². The summed E-state index contributed by atoms with van der Waals surface area (Å²) in [5, 5.41) is -0.269. The van der Waals surface area contributed by atoms with Gasteiger partial charge in [-0.15, -0.1) is 0 Å². The van der Waals surface area contributed by atoms with E-state index in [4.69, 9.17) is 8.60 Å². The lowest BCUT2D eigenvalue weighted by molar-refractivity contribution is 0.0856. The van der Waals surface area contributed by atoms with Crippen LogP contribution < -0.4 is 4.18 Å². The zero-order valence-electron chi connectivity index (χ0n) is 13.3. The fourth-order valence-corrected chi connectivity index (χ4v) is 3.64. The van der Waals surface area contributed by atoms with Crippen molar-refractivity contribution in [1.29, 1.82) is 0 Å². The smallest absolute Gasteiger partial charge is 0.373 e. The Morgan fingerprint density at radius 3 is 2.62 bits per heavy atom. The molecule has 1 saturated heterocycles. The van der Waals surface area contributed by atoms with E-state index in [0.29, 0.717) is 5.56 Å². The standard InChI is InChI=1S/C17H19NO5S/c1-18-9-7-13(8-10-18)17(19)14-4-2-5-15(12-14)23-24(20,21)16-6-3-11-22-16/h2-6,11-13H,7-10H2,1H3. The van der Waals surface area contributed by atoms with E-state index in [9.17, 15) is 13.2 Å². The number of hydrogen-bond donors (Lipinski definition) is 0. The van der Waals surface area contributed by atoms with Crippen molar-refractivity contribution in [2.75, 3.05) is 20.1 Å². The molecule has 6 nitrogen and oxygen atoms in total. The molecule has 0 bridgehead atoms. The number of hydrogen-bond acceptors (Lipinski definition) is 6. The molecule has 0 amide bonds. The molecule has 3 rings (SSSR count). The summed E-state index contributed by atoms with van der Waals surface area (Å²) in [5.41, 5.74) is 0.469. The number of likely N-dealkylation sites (tertiary alicyclic amines) is 1. The zero-order valence-corrected chi connectivity index (χ0v) is 14.2. The first-order valence-corrected chi connectivity index (χ1v) is 9.17. The number of benzene rings is 1. The van der Waals surface area contributed by atoms with Gasteiger partial charge < -0.3 is 13.5 Å². The number of ketones is 1. The van der Waals surface area contributed by atoms with E-state index >= 15 is 0 Å². The molecule has 1 aromatic carbocycles. The molecule has 2 aromatic rings. The van der Waals surface area contributed by atoms with Gasteiger partial charge in [0.2, 0.25) is 0 Å². The molecule has 0 spiro atoms. The second-order valence-corrected chi connectivity index (χ2v) is 7.42. The van der Waals surface area contributed by atoms with Crippen LogP contribution in [0.1, 0.15) is 23.2 Å². The molecule has 0 unspecified atom stereocenters. The molecular weight excluding hydrogens is 330 g/mol. The summed E-state index contributed by atoms with van der Waals surface area (Å²) in [6.45, 7) is 1.78. The van der Waals surface area contributed by atoms with E-state index < -0.39 is 10.1 Å². The van der Waals surface area contributed by atoms with Crippen molar-refractivity contribution in [3.8, 4) is 5.75 Å². The summed E-state index contributed by atoms with van der Waals surface area (Å²) in [7, 11) is -1.99. The quantitative estimate of drug-likeness (QED) is 0.610. The molecule has 0 saturated carbocycles. The lowest BCUT2D eigenvalue weighted by atomic mass is 9.89. The van der Waals surface area contributed by atoms with Gasteiger partial charge in [0.15, 0.2) is 5.78 Å². The summed E-state index contributed by atoms with van der Waals surface area (Å²) < 4.78 is 34.1. The Morgan fingerprint density at radius 1 is 1.21 bits per heavy atom. The number of Topliss-reactive ketones (excluding diaryl/α,β-unsaturated/α-hetero) is 1. The predicted molar refractivity (Wildman–Crippen MR) is 87.5 cm³/mol. The third-order valence-corrected chi connectivity index (χ3v) is 5.29. The van der Waals surface area contributed by atoms with Gasteiger partial charge in [0.1, 0.15) is 5.75 Å². The number of nitrogens with zero attached hydrogens (tertiary/aromatic N) is 1. The van der Waals surface area contributed by atoms with Crippen molar-refractivity contribution in [1.82, 2.24) is 4.90 Å². The van der Waals surface area contributed by atoms with E-state index in [1.807, 2.05) is 7.05 Å². The maximum Gasteiger partial charge on any atom is 0.373 e. The number of rotatable bonds is 5. The van der Waals surface area contributed by atoms with Crippen molar-refractivity contribution >= 4 is 15.9 Å². The fraction of sp³-hybridized carbons (Fsp3) is 0.353. The van der Waals surface area contributed by atoms with Crippen molar-refractivity contribution in [2.24, 2.45) is 5.92 Å². The normalized spacial score (nSPS) is 16.9. The maximum absolute atomic E-state index is 12.6. The van der Waals surface area contributed by atoms with Gasteiger partial charge in [0, 0.05) is 11.5 Å². The van der Waals surface area contributed by atoms with Crippen LogP contribution in [-0.4, -0.2) is 39.2 Å². The first-order chi connectivity index (χ1) is 11.5. The van der Waals surface area contributed by atoms with Crippen LogP contribution in [0.4, 0.5) is 0 Å². The van der Waals surface area contributed by atoms with E-state index in [0.717, 1.165) is 25.9 Å². The molecule has 1 aliphatic heterocycles. The SMILES string of the molecule is CN1CCC(C(=O)c2cccc(OS(=O)(=O)c3ccco3)c2)CC1. The van der Waals surface area contributed by atoms with Crippen LogP contribution in [0, 0.1) is 5.92 Å². The molecule has 24 heavy (non-hydrogen) atoms. The molecule has 1 fully saturated rings. The van der Waals surface area contributed by atoms with Gasteiger partial charge in [-0.05, 0) is 57.2 Å². The van der Waals surface area contributed by atoms with Crippen LogP contribution in [0.5, 0.6) is 5.75 Å². The van der Waals surface area contributed by atoms with Gasteiger partial charge in [-0.2, -0.15) is 8.42 Å². The minimum atomic E-state index is -4.03. The Kier molecular flexibility index (Phi) is 4.73. The molecule has 7 heteroatoms. The molecule has 2 heterocycles. The highest BCUT2D eigenvalue weighted by Gasteiger charge is 2.25. The Hall–Kier alpha value is -2.12. The lowest BCUT2D eigenvalue weighted by Gasteiger charge is -2.28. The summed E-state index contributed by atoms with van der Waals surface area (Å²) in [4.78, 5) is 14.8. The first-order valence-electron chi connectivity index (χ1n) is 7.76. The van der Waals surface area contributed by atoms with E-state index in [1.165, 1.54) is 30.5 Å². The fourth-order valence-electron chi connectivity index (χ4n) is 2.78. The molecule has 0 N–H and O–H groups in total. The zero-order chi connectivity index (χ0) is 17.2. The average Bonchev–Trinajstić information content (AvgIpc) is 3.10. The van der Waals surface area contributed by atoms with Gasteiger partial charge in [-0.3, -0.25) is 4.79 Å². The van der Waals surface area contributed by atoms with E-state index in [1.54, 1.807) is 12.1 Å². The van der Waals surface area contributed by atoms with Crippen LogP contribution in [0.3, 0.4) is 0 Å². The number of furan rings is 1. The Balaban J connectivity index is 1.76. The van der Waals surface area contributed by atoms with Crippen molar-refractivity contribution in [3.63, 3.8) is 0 Å². The highest BCUT2D eigenvalue weighted by Crippen LogP contribution is 2.25. The van der Waals surface area contributed by atoms with Crippen molar-refractivity contribution in [3.05, 3.63) is 48.2 Å². The number of piperidine rings is 1. The van der Waals surface area contributed by atoms with Gasteiger partial charge >= 0.3 is 10.1 Å². The second kappa shape index (κ2) is 6.78. The molecule has 1 aromatic heterocycles.